The van der Waals surface area contributed by atoms with Crippen LogP contribution in [0.3, 0.4) is 0 Å². The van der Waals surface area contributed by atoms with Crippen molar-refractivity contribution in [3.8, 4) is 28.3 Å². The Morgan fingerprint density at radius 1 is 0.927 bits per heavy atom. The summed E-state index contributed by atoms with van der Waals surface area (Å²) in [5.41, 5.74) is 3.60. The van der Waals surface area contributed by atoms with Crippen LogP contribution in [0.5, 0.6) is 0 Å². The summed E-state index contributed by atoms with van der Waals surface area (Å²) < 4.78 is 51.8. The molecule has 0 amide bonds. The van der Waals surface area contributed by atoms with Gasteiger partial charge in [-0.3, -0.25) is 18.4 Å². The lowest BCUT2D eigenvalue weighted by molar-refractivity contribution is -0.137. The Hall–Kier alpha value is -4.81. The standard InChI is InChI=1S/C28H26F3N9O/c1-35-15-32-13-24(35)26-34-20-10-18(16-12-33-36(2)14-16)19(28(29,30)31)11-21(20)40(26)17-8-22-25(38(4)27(41)37(22)3)23(9-17)39-6-5-7-39/h8-15H,5-7H2,1-4H3. The van der Waals surface area contributed by atoms with Gasteiger partial charge in [-0.1, -0.05) is 0 Å². The summed E-state index contributed by atoms with van der Waals surface area (Å²) in [7, 11) is 6.90. The van der Waals surface area contributed by atoms with Gasteiger partial charge >= 0.3 is 11.9 Å². The first-order valence-corrected chi connectivity index (χ1v) is 13.1. The third-order valence-electron chi connectivity index (χ3n) is 7.94. The molecule has 210 valence electrons. The molecular weight excluding hydrogens is 535 g/mol. The third kappa shape index (κ3) is 3.71. The van der Waals surface area contributed by atoms with Gasteiger partial charge in [0.1, 0.15) is 5.69 Å². The van der Waals surface area contributed by atoms with E-state index >= 15 is 0 Å². The first-order valence-electron chi connectivity index (χ1n) is 13.1. The molecule has 1 saturated heterocycles. The summed E-state index contributed by atoms with van der Waals surface area (Å²) in [5, 5.41) is 4.08. The molecule has 13 heteroatoms. The molecule has 7 rings (SSSR count). The molecule has 5 heterocycles. The lowest BCUT2D eigenvalue weighted by atomic mass is 10.0. The second kappa shape index (κ2) is 8.59. The maximum Gasteiger partial charge on any atom is 0.417 e. The van der Waals surface area contributed by atoms with Crippen molar-refractivity contribution in [1.29, 1.82) is 0 Å². The Balaban J connectivity index is 1.60. The molecule has 0 N–H and O–H groups in total. The first-order chi connectivity index (χ1) is 19.5. The maximum absolute atomic E-state index is 14.6. The van der Waals surface area contributed by atoms with Crippen molar-refractivity contribution < 1.29 is 13.2 Å². The van der Waals surface area contributed by atoms with Crippen LogP contribution < -0.4 is 10.6 Å². The molecule has 0 radical (unpaired) electrons. The zero-order valence-electron chi connectivity index (χ0n) is 22.8. The summed E-state index contributed by atoms with van der Waals surface area (Å²) in [6.45, 7) is 1.65. The summed E-state index contributed by atoms with van der Waals surface area (Å²) in [4.78, 5) is 24.2. The van der Waals surface area contributed by atoms with Gasteiger partial charge in [-0.2, -0.15) is 18.3 Å². The zero-order chi connectivity index (χ0) is 28.8. The number of halogens is 3. The molecule has 0 unspecified atom stereocenters. The molecule has 0 aliphatic carbocycles. The molecular formula is C28H26F3N9O. The highest BCUT2D eigenvalue weighted by Gasteiger charge is 2.36. The number of fused-ring (bicyclic) bond motifs is 2. The zero-order valence-corrected chi connectivity index (χ0v) is 22.8. The predicted molar refractivity (Wildman–Crippen MR) is 149 cm³/mol. The van der Waals surface area contributed by atoms with E-state index in [1.54, 1.807) is 58.1 Å². The number of aryl methyl sites for hydroxylation is 4. The highest BCUT2D eigenvalue weighted by Crippen LogP contribution is 2.42. The fraction of sp³-hybridized carbons (Fsp3) is 0.286. The minimum Gasteiger partial charge on any atom is -0.370 e. The molecule has 2 aromatic carbocycles. The van der Waals surface area contributed by atoms with Crippen molar-refractivity contribution in [3.05, 3.63) is 65.2 Å². The second-order valence-corrected chi connectivity index (χ2v) is 10.5. The molecule has 4 aromatic heterocycles. The molecule has 1 aliphatic heterocycles. The maximum atomic E-state index is 14.6. The molecule has 0 saturated carbocycles. The normalized spacial score (nSPS) is 14.0. The number of rotatable bonds is 4. The third-order valence-corrected chi connectivity index (χ3v) is 7.94. The minimum absolute atomic E-state index is 0.00137. The van der Waals surface area contributed by atoms with Crippen molar-refractivity contribution in [1.82, 2.24) is 38.0 Å². The predicted octanol–water partition coefficient (Wildman–Crippen LogP) is 4.25. The Kier molecular flexibility index (Phi) is 5.28. The SMILES string of the molecule is Cn1cc(-c2cc3nc(-c4cncn4C)n(-c4cc(N5CCC5)c5c(c4)n(C)c(=O)n5C)c3cc2C(F)(F)F)cn1. The van der Waals surface area contributed by atoms with Crippen molar-refractivity contribution in [2.45, 2.75) is 12.6 Å². The number of alkyl halides is 3. The Morgan fingerprint density at radius 2 is 1.71 bits per heavy atom. The molecule has 6 aromatic rings. The van der Waals surface area contributed by atoms with Crippen molar-refractivity contribution in [2.75, 3.05) is 18.0 Å². The van der Waals surface area contributed by atoms with Crippen LogP contribution in [0.25, 0.3) is 50.4 Å². The van der Waals surface area contributed by atoms with E-state index in [0.717, 1.165) is 36.8 Å². The number of hydrogen-bond acceptors (Lipinski definition) is 5. The molecule has 10 nitrogen and oxygen atoms in total. The van der Waals surface area contributed by atoms with Gasteiger partial charge in [0.05, 0.1) is 57.7 Å². The van der Waals surface area contributed by atoms with Gasteiger partial charge in [0, 0.05) is 53.0 Å². The number of anilines is 1. The number of hydrogen-bond donors (Lipinski definition) is 0. The van der Waals surface area contributed by atoms with Gasteiger partial charge in [-0.05, 0) is 36.2 Å². The van der Waals surface area contributed by atoms with Crippen LogP contribution in [0.4, 0.5) is 18.9 Å². The second-order valence-electron chi connectivity index (χ2n) is 10.5. The minimum atomic E-state index is -4.63. The number of imidazole rings is 3. The van der Waals surface area contributed by atoms with Crippen LogP contribution in [-0.4, -0.2) is 51.1 Å². The van der Waals surface area contributed by atoms with Gasteiger partial charge in [0.15, 0.2) is 5.82 Å². The summed E-state index contributed by atoms with van der Waals surface area (Å²) in [6.07, 6.45) is 2.62. The highest BCUT2D eigenvalue weighted by atomic mass is 19.4. The van der Waals surface area contributed by atoms with Gasteiger partial charge in [-0.25, -0.2) is 14.8 Å². The van der Waals surface area contributed by atoms with E-state index in [1.165, 1.54) is 16.9 Å². The Labute approximate surface area is 231 Å². The van der Waals surface area contributed by atoms with Gasteiger partial charge in [0.2, 0.25) is 0 Å². The topological polar surface area (TPSA) is 83.6 Å². The average molecular weight is 562 g/mol. The average Bonchev–Trinajstić information content (AvgIpc) is 3.65. The van der Waals surface area contributed by atoms with E-state index in [9.17, 15) is 18.0 Å². The van der Waals surface area contributed by atoms with Gasteiger partial charge in [-0.15, -0.1) is 0 Å². The van der Waals surface area contributed by atoms with E-state index in [2.05, 4.69) is 15.0 Å². The van der Waals surface area contributed by atoms with E-state index in [-0.39, 0.29) is 16.8 Å². The number of benzene rings is 2. The smallest absolute Gasteiger partial charge is 0.370 e. The monoisotopic (exact) mass is 561 g/mol. The Morgan fingerprint density at radius 3 is 2.32 bits per heavy atom. The molecule has 1 fully saturated rings. The molecule has 1 aliphatic rings. The number of aromatic nitrogens is 8. The first kappa shape index (κ1) is 25.2. The quantitative estimate of drug-likeness (QED) is 0.322. The van der Waals surface area contributed by atoms with Crippen LogP contribution in [0.2, 0.25) is 0 Å². The summed E-state index contributed by atoms with van der Waals surface area (Å²) in [5.74, 6) is 0.436. The van der Waals surface area contributed by atoms with Crippen LogP contribution >= 0.6 is 0 Å². The van der Waals surface area contributed by atoms with Crippen LogP contribution in [0.1, 0.15) is 12.0 Å². The van der Waals surface area contributed by atoms with E-state index < -0.39 is 11.7 Å². The van der Waals surface area contributed by atoms with Gasteiger partial charge < -0.3 is 9.47 Å². The largest absolute Gasteiger partial charge is 0.417 e. The molecule has 0 atom stereocenters. The van der Waals surface area contributed by atoms with Crippen LogP contribution in [0, 0.1) is 0 Å². The van der Waals surface area contributed by atoms with E-state index in [0.29, 0.717) is 33.8 Å². The van der Waals surface area contributed by atoms with Crippen molar-refractivity contribution >= 4 is 27.8 Å². The molecule has 0 spiro atoms. The van der Waals surface area contributed by atoms with E-state index in [1.807, 2.05) is 19.2 Å². The van der Waals surface area contributed by atoms with Gasteiger partial charge in [0.25, 0.3) is 0 Å². The van der Waals surface area contributed by atoms with Crippen molar-refractivity contribution in [3.63, 3.8) is 0 Å². The molecule has 0 bridgehead atoms. The fourth-order valence-corrected chi connectivity index (χ4v) is 5.70. The Bertz CT molecular complexity index is 2050. The van der Waals surface area contributed by atoms with Crippen LogP contribution in [0.15, 0.2) is 54.0 Å². The summed E-state index contributed by atoms with van der Waals surface area (Å²) >= 11 is 0. The number of nitrogens with zero attached hydrogens (tertiary/aromatic N) is 9. The molecule has 41 heavy (non-hydrogen) atoms. The summed E-state index contributed by atoms with van der Waals surface area (Å²) in [6, 6.07) is 6.40. The van der Waals surface area contributed by atoms with E-state index in [4.69, 9.17) is 4.98 Å². The highest BCUT2D eigenvalue weighted by molar-refractivity contribution is 5.95. The lowest BCUT2D eigenvalue weighted by Crippen LogP contribution is -2.37. The lowest BCUT2D eigenvalue weighted by Gasteiger charge is -2.34. The fourth-order valence-electron chi connectivity index (χ4n) is 5.70. The van der Waals surface area contributed by atoms with Crippen LogP contribution in [-0.2, 0) is 34.4 Å². The van der Waals surface area contributed by atoms with Crippen molar-refractivity contribution in [2.24, 2.45) is 28.2 Å².